The molecule has 0 radical (unpaired) electrons. The summed E-state index contributed by atoms with van der Waals surface area (Å²) in [5.74, 6) is 1.34. The molecule has 2 aliphatic rings. The second kappa shape index (κ2) is 14.8. The maximum atomic E-state index is 13.5. The van der Waals surface area contributed by atoms with Gasteiger partial charge in [-0.05, 0) is 62.1 Å². The van der Waals surface area contributed by atoms with Crippen LogP contribution in [0.2, 0.25) is 0 Å². The molecule has 41 heavy (non-hydrogen) atoms. The topological polar surface area (TPSA) is 69.3 Å². The highest BCUT2D eigenvalue weighted by molar-refractivity contribution is 8.26. The number of carbonyl (C=O) groups excluding carboxylic acids is 1. The average Bonchev–Trinajstić information content (AvgIpc) is 3.24. The summed E-state index contributed by atoms with van der Waals surface area (Å²) in [6.07, 6.45) is 11.3. The van der Waals surface area contributed by atoms with Gasteiger partial charge in [-0.1, -0.05) is 93.8 Å². The number of unbranched alkanes of at least 4 members (excludes halogenated alkanes) is 4. The molecule has 3 heterocycles. The molecule has 0 saturated carbocycles. The molecule has 1 aromatic carbocycles. The van der Waals surface area contributed by atoms with Gasteiger partial charge in [0.25, 0.3) is 11.5 Å². The fourth-order valence-corrected chi connectivity index (χ4v) is 7.20. The number of thioether (sulfide) groups is 1. The Hall–Kier alpha value is -2.89. The molecular formula is C33H42N4O2S2. The van der Waals surface area contributed by atoms with Gasteiger partial charge in [-0.2, -0.15) is 5.26 Å². The number of anilines is 1. The lowest BCUT2D eigenvalue weighted by Crippen LogP contribution is -2.40. The van der Waals surface area contributed by atoms with Crippen LogP contribution in [-0.4, -0.2) is 39.3 Å². The van der Waals surface area contributed by atoms with Crippen LogP contribution >= 0.6 is 24.0 Å². The molecule has 0 N–H and O–H groups in total. The Morgan fingerprint density at radius 1 is 1.02 bits per heavy atom. The predicted molar refractivity (Wildman–Crippen MR) is 174 cm³/mol. The lowest BCUT2D eigenvalue weighted by atomic mass is 9.90. The Labute approximate surface area is 254 Å². The SMILES string of the molecule is CCCCCCCN1C(=O)/C(=C\c2c(C)c(C#N)c(=O)n(CCC)c2N2CCC(Cc3ccccc3)CC2)SC1=S. The van der Waals surface area contributed by atoms with Crippen molar-refractivity contribution in [3.05, 3.63) is 67.8 Å². The zero-order chi connectivity index (χ0) is 29.4. The minimum atomic E-state index is -0.245. The number of carbonyl (C=O) groups is 1. The van der Waals surface area contributed by atoms with E-state index in [2.05, 4.69) is 48.2 Å². The predicted octanol–water partition coefficient (Wildman–Crippen LogP) is 7.07. The molecule has 0 aliphatic carbocycles. The van der Waals surface area contributed by atoms with E-state index in [1.807, 2.05) is 19.9 Å². The van der Waals surface area contributed by atoms with Crippen LogP contribution in [0.25, 0.3) is 6.08 Å². The standard InChI is InChI=1S/C33H42N4O2S2/c1-4-6-7-8-12-18-37-32(39)29(41-33(37)40)22-27-24(3)28(23-34)31(38)36(17-5-2)30(27)35-19-15-26(16-20-35)21-25-13-10-9-11-14-25/h9-11,13-14,22,26H,4-8,12,15-21H2,1-3H3/b29-22+. The monoisotopic (exact) mass is 590 g/mol. The molecule has 0 spiro atoms. The summed E-state index contributed by atoms with van der Waals surface area (Å²) in [6.45, 7) is 8.87. The molecule has 1 amide bonds. The van der Waals surface area contributed by atoms with E-state index in [9.17, 15) is 14.9 Å². The fraction of sp³-hybridized carbons (Fsp3) is 0.515. The van der Waals surface area contributed by atoms with Crippen molar-refractivity contribution >= 4 is 46.1 Å². The number of hydrogen-bond acceptors (Lipinski definition) is 6. The number of amides is 1. The number of piperidine rings is 1. The van der Waals surface area contributed by atoms with Crippen molar-refractivity contribution < 1.29 is 4.79 Å². The molecule has 8 heteroatoms. The van der Waals surface area contributed by atoms with E-state index in [1.165, 1.54) is 36.6 Å². The van der Waals surface area contributed by atoms with E-state index >= 15 is 0 Å². The van der Waals surface area contributed by atoms with Gasteiger partial charge in [-0.3, -0.25) is 19.1 Å². The summed E-state index contributed by atoms with van der Waals surface area (Å²) in [4.78, 5) is 31.6. The van der Waals surface area contributed by atoms with E-state index in [0.29, 0.717) is 33.8 Å². The van der Waals surface area contributed by atoms with Crippen molar-refractivity contribution in [2.45, 2.75) is 85.1 Å². The number of aromatic nitrogens is 1. The Bertz CT molecular complexity index is 1370. The molecular weight excluding hydrogens is 549 g/mol. The average molecular weight is 591 g/mol. The molecule has 0 unspecified atom stereocenters. The van der Waals surface area contributed by atoms with Crippen molar-refractivity contribution in [2.24, 2.45) is 5.92 Å². The second-order valence-corrected chi connectivity index (χ2v) is 12.8. The van der Waals surface area contributed by atoms with Crippen LogP contribution in [0.15, 0.2) is 40.0 Å². The highest BCUT2D eigenvalue weighted by Gasteiger charge is 2.33. The number of thiocarbonyl (C=S) groups is 1. The van der Waals surface area contributed by atoms with Gasteiger partial charge < -0.3 is 4.90 Å². The lowest BCUT2D eigenvalue weighted by Gasteiger charge is -2.36. The van der Waals surface area contributed by atoms with Gasteiger partial charge in [0.05, 0.1) is 4.91 Å². The molecule has 6 nitrogen and oxygen atoms in total. The maximum Gasteiger partial charge on any atom is 0.270 e. The van der Waals surface area contributed by atoms with Crippen LogP contribution < -0.4 is 10.5 Å². The van der Waals surface area contributed by atoms with Crippen LogP contribution in [0, 0.1) is 24.2 Å². The molecule has 2 saturated heterocycles. The number of nitriles is 1. The number of benzene rings is 1. The summed E-state index contributed by atoms with van der Waals surface area (Å²) in [5.41, 5.74) is 2.69. The molecule has 2 aromatic rings. The van der Waals surface area contributed by atoms with Crippen LogP contribution in [0.5, 0.6) is 0 Å². The number of nitrogens with zero attached hydrogens (tertiary/aromatic N) is 4. The van der Waals surface area contributed by atoms with Gasteiger partial charge in [-0.25, -0.2) is 0 Å². The molecule has 0 atom stereocenters. The van der Waals surface area contributed by atoms with Crippen molar-refractivity contribution in [1.29, 1.82) is 5.26 Å². The van der Waals surface area contributed by atoms with E-state index in [1.54, 1.807) is 9.47 Å². The van der Waals surface area contributed by atoms with E-state index in [4.69, 9.17) is 12.2 Å². The number of rotatable bonds is 12. The molecule has 2 aliphatic heterocycles. The lowest BCUT2D eigenvalue weighted by molar-refractivity contribution is -0.122. The van der Waals surface area contributed by atoms with E-state index < -0.39 is 0 Å². The third-order valence-corrected chi connectivity index (χ3v) is 9.59. The summed E-state index contributed by atoms with van der Waals surface area (Å²) < 4.78 is 2.35. The van der Waals surface area contributed by atoms with Gasteiger partial charge in [0.15, 0.2) is 0 Å². The van der Waals surface area contributed by atoms with Crippen molar-refractivity contribution in [3.8, 4) is 6.07 Å². The van der Waals surface area contributed by atoms with Crippen LogP contribution in [0.4, 0.5) is 5.82 Å². The maximum absolute atomic E-state index is 13.5. The zero-order valence-corrected chi connectivity index (χ0v) is 26.3. The zero-order valence-electron chi connectivity index (χ0n) is 24.7. The highest BCUT2D eigenvalue weighted by Crippen LogP contribution is 2.37. The quantitative estimate of drug-likeness (QED) is 0.150. The largest absolute Gasteiger partial charge is 0.357 e. The third-order valence-electron chi connectivity index (χ3n) is 8.21. The first-order chi connectivity index (χ1) is 19.9. The van der Waals surface area contributed by atoms with E-state index in [-0.39, 0.29) is 17.0 Å². The summed E-state index contributed by atoms with van der Waals surface area (Å²) in [7, 11) is 0. The van der Waals surface area contributed by atoms with Crippen LogP contribution in [-0.2, 0) is 17.8 Å². The Morgan fingerprint density at radius 3 is 2.39 bits per heavy atom. The fourth-order valence-electron chi connectivity index (χ4n) is 5.91. The molecule has 0 bridgehead atoms. The normalized spacial score (nSPS) is 17.1. The summed E-state index contributed by atoms with van der Waals surface area (Å²) in [6, 6.07) is 12.8. The van der Waals surface area contributed by atoms with E-state index in [0.717, 1.165) is 63.0 Å². The van der Waals surface area contributed by atoms with Gasteiger partial charge in [0, 0.05) is 31.7 Å². The number of hydrogen-bond donors (Lipinski definition) is 0. The van der Waals surface area contributed by atoms with Crippen molar-refractivity contribution in [1.82, 2.24) is 9.47 Å². The third kappa shape index (κ3) is 7.31. The van der Waals surface area contributed by atoms with Gasteiger partial charge in [0.1, 0.15) is 21.8 Å². The van der Waals surface area contributed by atoms with Gasteiger partial charge in [0.2, 0.25) is 0 Å². The molecule has 1 aromatic heterocycles. The summed E-state index contributed by atoms with van der Waals surface area (Å²) in [5, 5.41) is 9.95. The first kappa shape index (κ1) is 31.1. The van der Waals surface area contributed by atoms with Gasteiger partial charge in [-0.15, -0.1) is 0 Å². The first-order valence-corrected chi connectivity index (χ1v) is 16.3. The molecule has 218 valence electrons. The number of pyridine rings is 1. The second-order valence-electron chi connectivity index (χ2n) is 11.2. The highest BCUT2D eigenvalue weighted by atomic mass is 32.2. The Morgan fingerprint density at radius 2 is 1.73 bits per heavy atom. The molecule has 4 rings (SSSR count). The Balaban J connectivity index is 1.64. The van der Waals surface area contributed by atoms with Crippen molar-refractivity contribution in [3.63, 3.8) is 0 Å². The van der Waals surface area contributed by atoms with Crippen LogP contribution in [0.3, 0.4) is 0 Å². The minimum absolute atomic E-state index is 0.0749. The minimum Gasteiger partial charge on any atom is -0.357 e. The van der Waals surface area contributed by atoms with Gasteiger partial charge >= 0.3 is 0 Å². The Kier molecular flexibility index (Phi) is 11.2. The molecule has 2 fully saturated rings. The first-order valence-electron chi connectivity index (χ1n) is 15.1. The van der Waals surface area contributed by atoms with Crippen LogP contribution in [0.1, 0.15) is 87.5 Å². The smallest absolute Gasteiger partial charge is 0.270 e. The summed E-state index contributed by atoms with van der Waals surface area (Å²) >= 11 is 6.94. The van der Waals surface area contributed by atoms with Crippen molar-refractivity contribution in [2.75, 3.05) is 24.5 Å².